The number of amides is 5. The number of hydrogen-bond acceptors (Lipinski definition) is 9. The van der Waals surface area contributed by atoms with E-state index < -0.39 is 47.9 Å². The summed E-state index contributed by atoms with van der Waals surface area (Å²) in [6.07, 6.45) is 12.5. The van der Waals surface area contributed by atoms with E-state index in [2.05, 4.69) is 22.9 Å². The standard InChI is InChI=1S/C39H75N7O7/c1-7-9-10-15-21-33(53-26-28(4)43-36(48)27(3)25-52-23-17-16-22-40)29(5)39(51)46(6)32(18-8-2)37(49)45-34(30-19-13-11-12-14-20-30)38(50)44-31(24-41)35(42)47/h27-34H,7-26,40-41H2,1-6H3,(H2,42,47)(H,43,48)(H,44,50)(H,45,49)/t27-,28+,29+,31-,32-,33+,34-/m0/s1. The highest BCUT2D eigenvalue weighted by Gasteiger charge is 2.37. The van der Waals surface area contributed by atoms with Gasteiger partial charge in [0.1, 0.15) is 18.1 Å². The fourth-order valence-electron chi connectivity index (χ4n) is 6.84. The van der Waals surface area contributed by atoms with Crippen molar-refractivity contribution in [3.05, 3.63) is 0 Å². The zero-order chi connectivity index (χ0) is 39.8. The van der Waals surface area contributed by atoms with Crippen LogP contribution < -0.4 is 33.2 Å². The lowest BCUT2D eigenvalue weighted by Crippen LogP contribution is -2.60. The second-order valence-corrected chi connectivity index (χ2v) is 15.1. The molecule has 1 saturated carbocycles. The maximum atomic E-state index is 14.1. The van der Waals surface area contributed by atoms with Crippen LogP contribution in [0.2, 0.25) is 0 Å². The molecule has 0 aromatic rings. The minimum atomic E-state index is -1.05. The summed E-state index contributed by atoms with van der Waals surface area (Å²) in [5, 5.41) is 8.64. The Kier molecular flexibility index (Phi) is 25.2. The number of carbonyl (C=O) groups excluding carboxylic acids is 5. The highest BCUT2D eigenvalue weighted by Crippen LogP contribution is 2.27. The van der Waals surface area contributed by atoms with Gasteiger partial charge in [-0.3, -0.25) is 24.0 Å². The number of likely N-dealkylation sites (N-methyl/N-ethyl adjacent to an activating group) is 1. The second-order valence-electron chi connectivity index (χ2n) is 15.1. The average molecular weight is 754 g/mol. The van der Waals surface area contributed by atoms with Crippen molar-refractivity contribution >= 4 is 29.5 Å². The van der Waals surface area contributed by atoms with Gasteiger partial charge in [0, 0.05) is 26.2 Å². The molecule has 0 heterocycles. The summed E-state index contributed by atoms with van der Waals surface area (Å²) in [5.41, 5.74) is 16.7. The zero-order valence-electron chi connectivity index (χ0n) is 33.8. The van der Waals surface area contributed by atoms with Gasteiger partial charge in [-0.15, -0.1) is 0 Å². The van der Waals surface area contributed by atoms with Crippen molar-refractivity contribution < 1.29 is 33.4 Å². The Balaban J connectivity index is 3.08. The van der Waals surface area contributed by atoms with Crippen LogP contribution in [0.25, 0.3) is 0 Å². The van der Waals surface area contributed by atoms with E-state index in [0.29, 0.717) is 39.0 Å². The monoisotopic (exact) mass is 754 g/mol. The number of nitrogens with two attached hydrogens (primary N) is 3. The molecule has 53 heavy (non-hydrogen) atoms. The van der Waals surface area contributed by atoms with Gasteiger partial charge in [0.2, 0.25) is 29.5 Å². The second kappa shape index (κ2) is 27.7. The molecule has 9 N–H and O–H groups in total. The van der Waals surface area contributed by atoms with E-state index in [4.69, 9.17) is 26.7 Å². The largest absolute Gasteiger partial charge is 0.381 e. The van der Waals surface area contributed by atoms with Crippen LogP contribution in [0.1, 0.15) is 131 Å². The normalized spacial score (nSPS) is 17.7. The third kappa shape index (κ3) is 18.4. The molecule has 0 bridgehead atoms. The van der Waals surface area contributed by atoms with Crippen molar-refractivity contribution in [2.75, 3.05) is 40.0 Å². The minimum absolute atomic E-state index is 0.124. The van der Waals surface area contributed by atoms with E-state index in [0.717, 1.165) is 77.0 Å². The molecule has 1 aliphatic rings. The van der Waals surface area contributed by atoms with Crippen molar-refractivity contribution in [1.29, 1.82) is 0 Å². The Morgan fingerprint density at radius 3 is 2.04 bits per heavy atom. The number of ether oxygens (including phenoxy) is 2. The van der Waals surface area contributed by atoms with E-state index in [1.807, 2.05) is 27.7 Å². The highest BCUT2D eigenvalue weighted by atomic mass is 16.5. The topological polar surface area (TPSA) is 221 Å². The fourth-order valence-corrected chi connectivity index (χ4v) is 6.84. The quantitative estimate of drug-likeness (QED) is 0.0510. The number of carbonyl (C=O) groups is 5. The third-order valence-electron chi connectivity index (χ3n) is 10.3. The third-order valence-corrected chi connectivity index (χ3v) is 10.3. The predicted octanol–water partition coefficient (Wildman–Crippen LogP) is 2.89. The van der Waals surface area contributed by atoms with E-state index in [1.54, 1.807) is 7.05 Å². The van der Waals surface area contributed by atoms with Crippen molar-refractivity contribution in [3.8, 4) is 0 Å². The zero-order valence-corrected chi connectivity index (χ0v) is 33.8. The van der Waals surface area contributed by atoms with E-state index in [1.165, 1.54) is 4.90 Å². The lowest BCUT2D eigenvalue weighted by Gasteiger charge is -2.34. The molecule has 14 nitrogen and oxygen atoms in total. The number of primary amides is 1. The number of nitrogens with zero attached hydrogens (tertiary/aromatic N) is 1. The van der Waals surface area contributed by atoms with Crippen LogP contribution in [0.5, 0.6) is 0 Å². The first-order valence-corrected chi connectivity index (χ1v) is 20.4. The molecule has 14 heteroatoms. The Bertz CT molecular complexity index is 1070. The van der Waals surface area contributed by atoms with Gasteiger partial charge < -0.3 is 47.5 Å². The molecule has 0 radical (unpaired) electrons. The molecule has 0 aliphatic heterocycles. The molecule has 0 aromatic heterocycles. The van der Waals surface area contributed by atoms with Gasteiger partial charge in [0.25, 0.3) is 0 Å². The van der Waals surface area contributed by atoms with Crippen molar-refractivity contribution in [3.63, 3.8) is 0 Å². The molecule has 7 atom stereocenters. The lowest BCUT2D eigenvalue weighted by molar-refractivity contribution is -0.147. The molecule has 308 valence electrons. The summed E-state index contributed by atoms with van der Waals surface area (Å²) < 4.78 is 12.0. The van der Waals surface area contributed by atoms with E-state index >= 15 is 0 Å². The molecule has 0 aromatic carbocycles. The van der Waals surface area contributed by atoms with Gasteiger partial charge in [-0.25, -0.2) is 0 Å². The van der Waals surface area contributed by atoms with Gasteiger partial charge >= 0.3 is 0 Å². The summed E-state index contributed by atoms with van der Waals surface area (Å²) in [6.45, 7) is 11.2. The summed E-state index contributed by atoms with van der Waals surface area (Å²) in [6, 6.07) is -3.07. The van der Waals surface area contributed by atoms with Crippen LogP contribution in [0.4, 0.5) is 0 Å². The Morgan fingerprint density at radius 2 is 1.45 bits per heavy atom. The first kappa shape index (κ1) is 48.2. The fraction of sp³-hybridized carbons (Fsp3) is 0.872. The van der Waals surface area contributed by atoms with Crippen molar-refractivity contribution in [2.45, 2.75) is 161 Å². The van der Waals surface area contributed by atoms with Gasteiger partial charge in [0.05, 0.1) is 31.2 Å². The average Bonchev–Trinajstić information content (AvgIpc) is 3.42. The Labute approximate surface area is 319 Å². The van der Waals surface area contributed by atoms with Crippen molar-refractivity contribution in [2.24, 2.45) is 35.0 Å². The predicted molar refractivity (Wildman–Crippen MR) is 208 cm³/mol. The van der Waals surface area contributed by atoms with Crippen molar-refractivity contribution in [1.82, 2.24) is 20.9 Å². The van der Waals surface area contributed by atoms with Crippen LogP contribution in [-0.2, 0) is 33.4 Å². The first-order valence-electron chi connectivity index (χ1n) is 20.4. The number of hydrogen-bond donors (Lipinski definition) is 6. The van der Waals surface area contributed by atoms with Gasteiger partial charge in [-0.05, 0) is 57.9 Å². The number of rotatable bonds is 28. The number of nitrogens with one attached hydrogen (secondary N) is 3. The molecule has 0 unspecified atom stereocenters. The summed E-state index contributed by atoms with van der Waals surface area (Å²) in [7, 11) is 1.63. The molecular weight excluding hydrogens is 678 g/mol. The van der Waals surface area contributed by atoms with E-state index in [9.17, 15) is 24.0 Å². The molecule has 1 fully saturated rings. The Morgan fingerprint density at radius 1 is 0.774 bits per heavy atom. The van der Waals surface area contributed by atoms with Crippen LogP contribution in [0, 0.1) is 17.8 Å². The van der Waals surface area contributed by atoms with Crippen LogP contribution in [0.3, 0.4) is 0 Å². The molecule has 0 spiro atoms. The van der Waals surface area contributed by atoms with Gasteiger partial charge in [0.15, 0.2) is 0 Å². The van der Waals surface area contributed by atoms with Gasteiger partial charge in [-0.2, -0.15) is 0 Å². The lowest BCUT2D eigenvalue weighted by atomic mass is 9.90. The van der Waals surface area contributed by atoms with Crippen LogP contribution in [-0.4, -0.2) is 105 Å². The molecule has 0 saturated heterocycles. The highest BCUT2D eigenvalue weighted by molar-refractivity contribution is 5.94. The maximum absolute atomic E-state index is 14.1. The molecule has 1 rings (SSSR count). The van der Waals surface area contributed by atoms with Crippen LogP contribution >= 0.6 is 0 Å². The molecule has 1 aliphatic carbocycles. The SMILES string of the molecule is CCCCCC[C@@H](OC[C@@H](C)NC(=O)[C@@H](C)COCCCCN)[C@@H](C)C(=O)N(C)[C@@H](CCC)C(=O)N[C@H](C(=O)N[C@@H](CN)C(N)=O)C1CCCCCC1. The minimum Gasteiger partial charge on any atom is -0.381 e. The molecular formula is C39H75N7O7. The number of unbranched alkanes of at least 4 members (excludes halogenated alkanes) is 4. The smallest absolute Gasteiger partial charge is 0.243 e. The first-order chi connectivity index (χ1) is 25.3. The summed E-state index contributed by atoms with van der Waals surface area (Å²) in [5.74, 6) is -3.04. The summed E-state index contributed by atoms with van der Waals surface area (Å²) in [4.78, 5) is 68.0. The van der Waals surface area contributed by atoms with Crippen LogP contribution in [0.15, 0.2) is 0 Å². The van der Waals surface area contributed by atoms with Gasteiger partial charge in [-0.1, -0.05) is 85.5 Å². The Hall–Kier alpha value is -2.81. The molecule has 5 amide bonds. The van der Waals surface area contributed by atoms with E-state index in [-0.39, 0.29) is 42.8 Å². The summed E-state index contributed by atoms with van der Waals surface area (Å²) >= 11 is 0. The maximum Gasteiger partial charge on any atom is 0.243 e.